The maximum Gasteiger partial charge on any atom is 0.328 e. The van der Waals surface area contributed by atoms with Crippen molar-refractivity contribution >= 4 is 12.0 Å². The highest BCUT2D eigenvalue weighted by molar-refractivity contribution is 5.84. The van der Waals surface area contributed by atoms with Crippen LogP contribution in [0, 0.1) is 11.7 Å². The van der Waals surface area contributed by atoms with Crippen LogP contribution in [0.2, 0.25) is 0 Å². The molecule has 0 unspecified atom stereocenters. The van der Waals surface area contributed by atoms with Crippen LogP contribution in [0.25, 0.3) is 0 Å². The fraction of sp³-hybridized carbons (Fsp3) is 0.450. The second-order valence-corrected chi connectivity index (χ2v) is 7.19. The van der Waals surface area contributed by atoms with Crippen molar-refractivity contribution in [2.75, 3.05) is 20.8 Å². The van der Waals surface area contributed by atoms with E-state index in [2.05, 4.69) is 15.3 Å². The zero-order chi connectivity index (χ0) is 21.1. The third-order valence-electron chi connectivity index (χ3n) is 5.09. The second-order valence-electron chi connectivity index (χ2n) is 7.19. The molecule has 2 atom stereocenters. The number of H-pyrrole nitrogens is 1. The SMILES string of the molecule is COC(=O)[C@@H](NC(=O)N1CCc2[nH]cnc2[C@@H]1c1ccc(OC)cc1F)C(C)C. The van der Waals surface area contributed by atoms with Gasteiger partial charge in [-0.3, -0.25) is 0 Å². The molecule has 0 spiro atoms. The fourth-order valence-electron chi connectivity index (χ4n) is 3.51. The van der Waals surface area contributed by atoms with Gasteiger partial charge in [-0.1, -0.05) is 13.8 Å². The first-order valence-corrected chi connectivity index (χ1v) is 9.37. The standard InChI is InChI=1S/C20H25FN4O4/c1-11(2)16(19(26)29-4)24-20(27)25-8-7-15-17(23-10-22-15)18(25)13-6-5-12(28-3)9-14(13)21/h5-6,9-11,16,18H,7-8H2,1-4H3,(H,22,23)(H,24,27)/t16-,18-/m0/s1. The summed E-state index contributed by atoms with van der Waals surface area (Å²) in [5, 5.41) is 2.73. The number of fused-ring (bicyclic) bond motifs is 1. The monoisotopic (exact) mass is 404 g/mol. The molecule has 0 saturated carbocycles. The van der Waals surface area contributed by atoms with Crippen molar-refractivity contribution in [1.82, 2.24) is 20.2 Å². The largest absolute Gasteiger partial charge is 0.497 e. The van der Waals surface area contributed by atoms with E-state index in [4.69, 9.17) is 9.47 Å². The number of hydrogen-bond acceptors (Lipinski definition) is 5. The Morgan fingerprint density at radius 1 is 1.34 bits per heavy atom. The van der Waals surface area contributed by atoms with E-state index in [-0.39, 0.29) is 5.92 Å². The quantitative estimate of drug-likeness (QED) is 0.746. The molecule has 8 nitrogen and oxygen atoms in total. The van der Waals surface area contributed by atoms with Crippen molar-refractivity contribution in [1.29, 1.82) is 0 Å². The summed E-state index contributed by atoms with van der Waals surface area (Å²) in [4.78, 5) is 34.0. The number of amides is 2. The Bertz CT molecular complexity index is 898. The number of aromatic nitrogens is 2. The highest BCUT2D eigenvalue weighted by Crippen LogP contribution is 2.35. The maximum atomic E-state index is 14.9. The van der Waals surface area contributed by atoms with E-state index in [1.165, 1.54) is 31.5 Å². The van der Waals surface area contributed by atoms with Gasteiger partial charge in [-0.05, 0) is 18.1 Å². The van der Waals surface area contributed by atoms with Crippen LogP contribution in [0.15, 0.2) is 24.5 Å². The molecule has 2 heterocycles. The third kappa shape index (κ3) is 4.03. The lowest BCUT2D eigenvalue weighted by Crippen LogP contribution is -2.53. The minimum Gasteiger partial charge on any atom is -0.497 e. The number of carbonyl (C=O) groups is 2. The Hall–Kier alpha value is -3.10. The summed E-state index contributed by atoms with van der Waals surface area (Å²) >= 11 is 0. The van der Waals surface area contributed by atoms with Crippen LogP contribution < -0.4 is 10.1 Å². The smallest absolute Gasteiger partial charge is 0.328 e. The predicted octanol–water partition coefficient (Wildman–Crippen LogP) is 2.41. The lowest BCUT2D eigenvalue weighted by atomic mass is 9.95. The number of methoxy groups -OCH3 is 2. The zero-order valence-electron chi connectivity index (χ0n) is 16.9. The molecule has 0 radical (unpaired) electrons. The molecule has 1 aliphatic rings. The number of urea groups is 1. The molecule has 0 aliphatic carbocycles. The molecular formula is C20H25FN4O4. The van der Waals surface area contributed by atoms with Gasteiger partial charge in [0.25, 0.3) is 0 Å². The summed E-state index contributed by atoms with van der Waals surface area (Å²) in [5.74, 6) is -0.825. The number of hydrogen-bond donors (Lipinski definition) is 2. The molecule has 1 aromatic heterocycles. The van der Waals surface area contributed by atoms with Crippen LogP contribution in [-0.4, -0.2) is 53.7 Å². The van der Waals surface area contributed by atoms with E-state index < -0.39 is 29.9 Å². The average molecular weight is 404 g/mol. The van der Waals surface area contributed by atoms with E-state index >= 15 is 0 Å². The van der Waals surface area contributed by atoms with Crippen molar-refractivity contribution < 1.29 is 23.5 Å². The van der Waals surface area contributed by atoms with Crippen LogP contribution in [0.5, 0.6) is 5.75 Å². The Balaban J connectivity index is 1.97. The normalized spacial score (nSPS) is 16.9. The number of halogens is 1. The number of imidazole rings is 1. The van der Waals surface area contributed by atoms with Crippen LogP contribution in [0.1, 0.15) is 36.8 Å². The molecule has 0 saturated heterocycles. The van der Waals surface area contributed by atoms with Crippen molar-refractivity contribution in [3.63, 3.8) is 0 Å². The Morgan fingerprint density at radius 3 is 2.72 bits per heavy atom. The second kappa shape index (κ2) is 8.50. The molecule has 3 rings (SSSR count). The topological polar surface area (TPSA) is 96.6 Å². The highest BCUT2D eigenvalue weighted by atomic mass is 19.1. The van der Waals surface area contributed by atoms with Gasteiger partial charge in [0.05, 0.1) is 26.2 Å². The number of ether oxygens (including phenoxy) is 2. The molecule has 2 aromatic rings. The summed E-state index contributed by atoms with van der Waals surface area (Å²) in [6.45, 7) is 3.96. The summed E-state index contributed by atoms with van der Waals surface area (Å²) in [7, 11) is 2.73. The van der Waals surface area contributed by atoms with Crippen LogP contribution in [-0.2, 0) is 16.0 Å². The van der Waals surface area contributed by atoms with Crippen molar-refractivity contribution in [3.05, 3.63) is 47.3 Å². The Kier molecular flexibility index (Phi) is 6.05. The Labute approximate surface area is 168 Å². The average Bonchev–Trinajstić information content (AvgIpc) is 3.19. The lowest BCUT2D eigenvalue weighted by Gasteiger charge is -2.36. The summed E-state index contributed by atoms with van der Waals surface area (Å²) in [6, 6.07) is 2.47. The number of esters is 1. The third-order valence-corrected chi connectivity index (χ3v) is 5.09. The molecule has 0 fully saturated rings. The van der Waals surface area contributed by atoms with Crippen LogP contribution >= 0.6 is 0 Å². The van der Waals surface area contributed by atoms with Gasteiger partial charge in [0, 0.05) is 30.3 Å². The first-order valence-electron chi connectivity index (χ1n) is 9.37. The number of carbonyl (C=O) groups excluding carboxylic acids is 2. The van der Waals surface area contributed by atoms with Gasteiger partial charge >= 0.3 is 12.0 Å². The maximum absolute atomic E-state index is 14.9. The number of nitrogens with zero attached hydrogens (tertiary/aromatic N) is 2. The molecule has 1 aliphatic heterocycles. The minimum absolute atomic E-state index is 0.173. The molecular weight excluding hydrogens is 379 g/mol. The number of aromatic amines is 1. The van der Waals surface area contributed by atoms with Gasteiger partial charge in [-0.2, -0.15) is 0 Å². The van der Waals surface area contributed by atoms with Gasteiger partial charge in [0.15, 0.2) is 0 Å². The molecule has 2 amide bonds. The van der Waals surface area contributed by atoms with E-state index in [1.807, 2.05) is 13.8 Å². The first-order chi connectivity index (χ1) is 13.9. The summed E-state index contributed by atoms with van der Waals surface area (Å²) in [5.41, 5.74) is 1.73. The first kappa shape index (κ1) is 20.6. The predicted molar refractivity (Wildman–Crippen MR) is 103 cm³/mol. The van der Waals surface area contributed by atoms with Gasteiger partial charge in [-0.15, -0.1) is 0 Å². The van der Waals surface area contributed by atoms with Crippen molar-refractivity contribution in [2.24, 2.45) is 5.92 Å². The van der Waals surface area contributed by atoms with Gasteiger partial charge in [0.2, 0.25) is 0 Å². The van der Waals surface area contributed by atoms with E-state index in [9.17, 15) is 14.0 Å². The zero-order valence-corrected chi connectivity index (χ0v) is 16.9. The summed E-state index contributed by atoms with van der Waals surface area (Å²) in [6.07, 6.45) is 2.08. The van der Waals surface area contributed by atoms with E-state index in [0.29, 0.717) is 30.0 Å². The van der Waals surface area contributed by atoms with Gasteiger partial charge in [-0.25, -0.2) is 19.0 Å². The van der Waals surface area contributed by atoms with Crippen molar-refractivity contribution in [2.45, 2.75) is 32.4 Å². The lowest BCUT2D eigenvalue weighted by molar-refractivity contribution is -0.144. The molecule has 9 heteroatoms. The molecule has 156 valence electrons. The molecule has 0 bridgehead atoms. The minimum atomic E-state index is -0.811. The van der Waals surface area contributed by atoms with E-state index in [1.54, 1.807) is 12.1 Å². The van der Waals surface area contributed by atoms with E-state index in [0.717, 1.165) is 5.69 Å². The molecule has 29 heavy (non-hydrogen) atoms. The number of nitrogens with one attached hydrogen (secondary N) is 2. The van der Waals surface area contributed by atoms with Crippen LogP contribution in [0.4, 0.5) is 9.18 Å². The van der Waals surface area contributed by atoms with Gasteiger partial charge in [0.1, 0.15) is 23.7 Å². The summed E-state index contributed by atoms with van der Waals surface area (Å²) < 4.78 is 24.8. The molecule has 1 aromatic carbocycles. The molecule has 2 N–H and O–H groups in total. The van der Waals surface area contributed by atoms with Gasteiger partial charge < -0.3 is 24.7 Å². The van der Waals surface area contributed by atoms with Crippen LogP contribution in [0.3, 0.4) is 0 Å². The highest BCUT2D eigenvalue weighted by Gasteiger charge is 2.37. The fourth-order valence-corrected chi connectivity index (χ4v) is 3.51. The Morgan fingerprint density at radius 2 is 2.10 bits per heavy atom. The number of benzene rings is 1. The number of rotatable bonds is 5. The van der Waals surface area contributed by atoms with Crippen molar-refractivity contribution in [3.8, 4) is 5.75 Å².